The van der Waals surface area contributed by atoms with E-state index in [9.17, 15) is 0 Å². The lowest BCUT2D eigenvalue weighted by Gasteiger charge is -2.24. The van der Waals surface area contributed by atoms with E-state index in [1.807, 2.05) is 18.2 Å². The Morgan fingerprint density at radius 2 is 1.82 bits per heavy atom. The molecule has 94 valence electrons. The molecule has 4 N–H and O–H groups in total. The molecule has 0 aliphatic rings. The van der Waals surface area contributed by atoms with Gasteiger partial charge in [-0.25, -0.2) is 0 Å². The maximum absolute atomic E-state index is 8.74. The van der Waals surface area contributed by atoms with Crippen LogP contribution >= 0.6 is 0 Å². The summed E-state index contributed by atoms with van der Waals surface area (Å²) in [6, 6.07) is 10.2. The maximum Gasteiger partial charge on any atom is 0.451 e. The van der Waals surface area contributed by atoms with Crippen molar-refractivity contribution in [3.05, 3.63) is 35.9 Å². The molecule has 0 aliphatic heterocycles. The van der Waals surface area contributed by atoms with Gasteiger partial charge in [0.05, 0.1) is 0 Å². The van der Waals surface area contributed by atoms with Gasteiger partial charge < -0.3 is 15.8 Å². The first-order valence-electron chi connectivity index (χ1n) is 6.18. The second kappa shape index (κ2) is 6.79. The van der Waals surface area contributed by atoms with Gasteiger partial charge in [-0.1, -0.05) is 43.2 Å². The third-order valence-corrected chi connectivity index (χ3v) is 2.91. The van der Waals surface area contributed by atoms with E-state index >= 15 is 0 Å². The van der Waals surface area contributed by atoms with Gasteiger partial charge in [0.25, 0.3) is 0 Å². The van der Waals surface area contributed by atoms with Gasteiger partial charge in [-0.15, -0.1) is 0 Å². The molecule has 17 heavy (non-hydrogen) atoms. The molecule has 0 radical (unpaired) electrons. The van der Waals surface area contributed by atoms with Gasteiger partial charge >= 0.3 is 7.12 Å². The van der Waals surface area contributed by atoms with Gasteiger partial charge in [0.1, 0.15) is 0 Å². The first-order chi connectivity index (χ1) is 7.99. The molecule has 0 bridgehead atoms. The number of hydrogen-bond donors (Lipinski definition) is 3. The normalized spacial score (nSPS) is 14.4. The highest BCUT2D eigenvalue weighted by molar-refractivity contribution is 6.40. The highest BCUT2D eigenvalue weighted by Crippen LogP contribution is 2.17. The average Bonchev–Trinajstić information content (AvgIpc) is 2.25. The minimum absolute atomic E-state index is 0.220. The van der Waals surface area contributed by atoms with E-state index in [0.717, 1.165) is 25.7 Å². The van der Waals surface area contributed by atoms with E-state index in [0.29, 0.717) is 6.32 Å². The van der Waals surface area contributed by atoms with Gasteiger partial charge in [0.15, 0.2) is 0 Å². The van der Waals surface area contributed by atoms with Crippen molar-refractivity contribution >= 4 is 7.12 Å². The Balaban J connectivity index is 2.31. The molecule has 0 heterocycles. The molecule has 1 aromatic rings. The Morgan fingerprint density at radius 3 is 2.41 bits per heavy atom. The van der Waals surface area contributed by atoms with Crippen LogP contribution in [0.25, 0.3) is 0 Å². The average molecular weight is 235 g/mol. The molecular weight excluding hydrogens is 213 g/mol. The molecule has 0 saturated heterocycles. The van der Waals surface area contributed by atoms with Crippen molar-refractivity contribution < 1.29 is 10.0 Å². The molecule has 1 unspecified atom stereocenters. The maximum atomic E-state index is 8.74. The summed E-state index contributed by atoms with van der Waals surface area (Å²) in [5.41, 5.74) is 7.27. The Kier molecular flexibility index (Phi) is 5.68. The van der Waals surface area contributed by atoms with Crippen molar-refractivity contribution in [1.82, 2.24) is 0 Å². The Labute approximate surface area is 104 Å². The number of benzene rings is 1. The van der Waals surface area contributed by atoms with Crippen molar-refractivity contribution in [2.24, 2.45) is 5.73 Å². The van der Waals surface area contributed by atoms with Crippen molar-refractivity contribution in [3.8, 4) is 0 Å². The van der Waals surface area contributed by atoms with Crippen LogP contribution in [-0.2, 0) is 6.42 Å². The van der Waals surface area contributed by atoms with Crippen LogP contribution in [0.15, 0.2) is 30.3 Å². The first-order valence-corrected chi connectivity index (χ1v) is 6.18. The Hall–Kier alpha value is -0.835. The molecule has 0 aliphatic carbocycles. The lowest BCUT2D eigenvalue weighted by atomic mass is 9.81. The van der Waals surface area contributed by atoms with E-state index < -0.39 is 7.12 Å². The zero-order valence-corrected chi connectivity index (χ0v) is 10.5. The zero-order valence-electron chi connectivity index (χ0n) is 10.5. The number of nitrogens with two attached hydrogens (primary N) is 1. The quantitative estimate of drug-likeness (QED) is 0.496. The lowest BCUT2D eigenvalue weighted by Crippen LogP contribution is -2.38. The Bertz CT molecular complexity index is 314. The van der Waals surface area contributed by atoms with Gasteiger partial charge in [0.2, 0.25) is 0 Å². The Morgan fingerprint density at radius 1 is 1.18 bits per heavy atom. The summed E-state index contributed by atoms with van der Waals surface area (Å²) in [4.78, 5) is 0. The van der Waals surface area contributed by atoms with Crippen molar-refractivity contribution in [3.63, 3.8) is 0 Å². The van der Waals surface area contributed by atoms with Gasteiger partial charge in [-0.05, 0) is 31.6 Å². The molecule has 0 saturated carbocycles. The molecule has 0 aromatic heterocycles. The fourth-order valence-corrected chi connectivity index (χ4v) is 2.01. The first kappa shape index (κ1) is 14.2. The van der Waals surface area contributed by atoms with Crippen LogP contribution in [0.4, 0.5) is 0 Å². The second-order valence-corrected chi connectivity index (χ2v) is 5.04. The predicted molar refractivity (Wildman–Crippen MR) is 71.6 cm³/mol. The third kappa shape index (κ3) is 6.46. The van der Waals surface area contributed by atoms with Crippen LogP contribution in [0.3, 0.4) is 0 Å². The van der Waals surface area contributed by atoms with Crippen molar-refractivity contribution in [2.75, 3.05) is 0 Å². The molecule has 1 atom stereocenters. The number of hydrogen-bond acceptors (Lipinski definition) is 3. The van der Waals surface area contributed by atoms with Crippen molar-refractivity contribution in [2.45, 2.75) is 44.5 Å². The standard InChI is InChI=1S/C13H22BNO2/c1-13(15,9-5-6-10-14(16)17)11-12-7-3-2-4-8-12/h2-4,7-8,16-17H,5-6,9-11,15H2,1H3. The van der Waals surface area contributed by atoms with E-state index in [4.69, 9.17) is 15.8 Å². The van der Waals surface area contributed by atoms with Gasteiger partial charge in [-0.2, -0.15) is 0 Å². The largest absolute Gasteiger partial charge is 0.451 e. The second-order valence-electron chi connectivity index (χ2n) is 5.04. The number of rotatable bonds is 7. The molecular formula is C13H22BNO2. The van der Waals surface area contributed by atoms with Gasteiger partial charge in [0, 0.05) is 5.54 Å². The van der Waals surface area contributed by atoms with Crippen LogP contribution < -0.4 is 5.73 Å². The summed E-state index contributed by atoms with van der Waals surface area (Å²) in [6.07, 6.45) is 3.92. The summed E-state index contributed by atoms with van der Waals surface area (Å²) in [6.45, 7) is 2.05. The van der Waals surface area contributed by atoms with E-state index in [1.54, 1.807) is 0 Å². The summed E-state index contributed by atoms with van der Waals surface area (Å²) in [7, 11) is -1.19. The fraction of sp³-hybridized carbons (Fsp3) is 0.538. The summed E-state index contributed by atoms with van der Waals surface area (Å²) in [5.74, 6) is 0. The molecule has 0 amide bonds. The minimum Gasteiger partial charge on any atom is -0.427 e. The summed E-state index contributed by atoms with van der Waals surface area (Å²) in [5, 5.41) is 17.5. The predicted octanol–water partition coefficient (Wildman–Crippen LogP) is 1.59. The van der Waals surface area contributed by atoms with Gasteiger partial charge in [-0.3, -0.25) is 0 Å². The van der Waals surface area contributed by atoms with E-state index in [-0.39, 0.29) is 5.54 Å². The summed E-state index contributed by atoms with van der Waals surface area (Å²) >= 11 is 0. The van der Waals surface area contributed by atoms with Crippen LogP contribution in [0.5, 0.6) is 0 Å². The molecule has 1 rings (SSSR count). The molecule has 4 heteroatoms. The highest BCUT2D eigenvalue weighted by Gasteiger charge is 2.18. The summed E-state index contributed by atoms with van der Waals surface area (Å²) < 4.78 is 0. The van der Waals surface area contributed by atoms with Crippen LogP contribution in [0.2, 0.25) is 6.32 Å². The smallest absolute Gasteiger partial charge is 0.427 e. The lowest BCUT2D eigenvalue weighted by molar-refractivity contribution is 0.387. The highest BCUT2D eigenvalue weighted by atomic mass is 16.4. The topological polar surface area (TPSA) is 66.5 Å². The van der Waals surface area contributed by atoms with E-state index in [1.165, 1.54) is 5.56 Å². The minimum atomic E-state index is -1.19. The van der Waals surface area contributed by atoms with Crippen LogP contribution in [0.1, 0.15) is 31.7 Å². The molecule has 0 spiro atoms. The molecule has 3 nitrogen and oxygen atoms in total. The third-order valence-electron chi connectivity index (χ3n) is 2.91. The number of unbranched alkanes of at least 4 members (excludes halogenated alkanes) is 1. The SMILES string of the molecule is CC(N)(CCCCB(O)O)Cc1ccccc1. The molecule has 1 aromatic carbocycles. The monoisotopic (exact) mass is 235 g/mol. The van der Waals surface area contributed by atoms with Crippen LogP contribution in [-0.4, -0.2) is 22.7 Å². The molecule has 0 fully saturated rings. The van der Waals surface area contributed by atoms with Crippen LogP contribution in [0, 0.1) is 0 Å². The fourth-order valence-electron chi connectivity index (χ4n) is 2.01. The van der Waals surface area contributed by atoms with Crippen molar-refractivity contribution in [1.29, 1.82) is 0 Å². The van der Waals surface area contributed by atoms with E-state index in [2.05, 4.69) is 19.1 Å². The zero-order chi connectivity index (χ0) is 12.7.